The summed E-state index contributed by atoms with van der Waals surface area (Å²) in [6.45, 7) is 7.01. The molecule has 0 saturated carbocycles. The van der Waals surface area contributed by atoms with Crippen molar-refractivity contribution in [1.82, 2.24) is 0 Å². The average Bonchev–Trinajstić information content (AvgIpc) is 2.37. The lowest BCUT2D eigenvalue weighted by Gasteiger charge is -2.38. The zero-order chi connectivity index (χ0) is 13.9. The smallest absolute Gasteiger partial charge is 0.0829 e. The average molecular weight is 258 g/mol. The Hall–Kier alpha value is -1.08. The second kappa shape index (κ2) is 5.92. The second-order valence-corrected chi connectivity index (χ2v) is 6.35. The van der Waals surface area contributed by atoms with E-state index in [0.717, 1.165) is 6.42 Å². The predicted molar refractivity (Wildman–Crippen MR) is 81.3 cm³/mol. The lowest BCUT2D eigenvalue weighted by Crippen LogP contribution is -2.31. The summed E-state index contributed by atoms with van der Waals surface area (Å²) >= 11 is 0. The Balaban J connectivity index is 2.26. The normalized spacial score (nSPS) is 20.4. The largest absolute Gasteiger partial charge is 0.377 e. The summed E-state index contributed by atoms with van der Waals surface area (Å²) in [6, 6.07) is 10.7. The van der Waals surface area contributed by atoms with E-state index in [2.05, 4.69) is 51.1 Å². The molecule has 0 aromatic heterocycles. The fourth-order valence-electron chi connectivity index (χ4n) is 3.48. The van der Waals surface area contributed by atoms with Crippen molar-refractivity contribution < 1.29 is 4.74 Å². The molecule has 1 aliphatic carbocycles. The van der Waals surface area contributed by atoms with Crippen molar-refractivity contribution in [3.63, 3.8) is 0 Å². The van der Waals surface area contributed by atoms with E-state index in [1.165, 1.54) is 30.4 Å². The van der Waals surface area contributed by atoms with Crippen molar-refractivity contribution >= 4 is 0 Å². The van der Waals surface area contributed by atoms with Crippen LogP contribution < -0.4 is 0 Å². The third-order valence-electron chi connectivity index (χ3n) is 4.41. The molecule has 0 aliphatic heterocycles. The van der Waals surface area contributed by atoms with E-state index >= 15 is 0 Å². The molecule has 0 bridgehead atoms. The molecule has 19 heavy (non-hydrogen) atoms. The summed E-state index contributed by atoms with van der Waals surface area (Å²) in [6.07, 6.45) is 5.01. The summed E-state index contributed by atoms with van der Waals surface area (Å²) in [4.78, 5) is 0. The summed E-state index contributed by atoms with van der Waals surface area (Å²) in [5.74, 6) is 0. The lowest BCUT2D eigenvalue weighted by molar-refractivity contribution is 0.106. The molecule has 0 fully saturated rings. The maximum atomic E-state index is 5.84. The topological polar surface area (TPSA) is 9.23 Å². The monoisotopic (exact) mass is 258 g/mol. The molecular formula is C18H26O. The van der Waals surface area contributed by atoms with Gasteiger partial charge in [0.25, 0.3) is 0 Å². The van der Waals surface area contributed by atoms with Gasteiger partial charge in [-0.3, -0.25) is 0 Å². The van der Waals surface area contributed by atoms with Crippen LogP contribution in [0.3, 0.4) is 0 Å². The zero-order valence-corrected chi connectivity index (χ0v) is 12.7. The van der Waals surface area contributed by atoms with Gasteiger partial charge in [-0.25, -0.2) is 0 Å². The summed E-state index contributed by atoms with van der Waals surface area (Å²) < 4.78 is 5.84. The first-order chi connectivity index (χ1) is 9.04. The number of hydrogen-bond acceptors (Lipinski definition) is 1. The van der Waals surface area contributed by atoms with Crippen LogP contribution in [-0.2, 0) is 11.2 Å². The first-order valence-corrected chi connectivity index (χ1v) is 7.31. The molecule has 1 unspecified atom stereocenters. The third-order valence-corrected chi connectivity index (χ3v) is 4.41. The van der Waals surface area contributed by atoms with Crippen LogP contribution in [0.2, 0.25) is 0 Å². The molecule has 0 spiro atoms. The van der Waals surface area contributed by atoms with Gasteiger partial charge in [-0.1, -0.05) is 49.8 Å². The van der Waals surface area contributed by atoms with Crippen LogP contribution in [-0.4, -0.2) is 13.2 Å². The fourth-order valence-corrected chi connectivity index (χ4v) is 3.48. The van der Waals surface area contributed by atoms with Crippen LogP contribution >= 0.6 is 0 Å². The van der Waals surface area contributed by atoms with Gasteiger partial charge in [-0.15, -0.1) is 0 Å². The number of methoxy groups -OCH3 is 1. The van der Waals surface area contributed by atoms with E-state index in [0.29, 0.717) is 0 Å². The van der Waals surface area contributed by atoms with Crippen molar-refractivity contribution in [3.8, 4) is 0 Å². The van der Waals surface area contributed by atoms with E-state index < -0.39 is 0 Å². The number of ether oxygens (including phenoxy) is 1. The van der Waals surface area contributed by atoms with Crippen LogP contribution in [0.1, 0.15) is 45.6 Å². The number of rotatable bonds is 4. The van der Waals surface area contributed by atoms with Crippen molar-refractivity contribution in [2.75, 3.05) is 7.11 Å². The molecule has 0 saturated heterocycles. The minimum absolute atomic E-state index is 0.220. The standard InChI is InChI=1S/C18H26O/c1-14-9-8-12-18(2,3)17(14)16(19-4)13-15-10-6-5-7-11-15/h5-7,10-11,16H,8-9,12-13H2,1-4H3. The highest BCUT2D eigenvalue weighted by Crippen LogP contribution is 2.43. The van der Waals surface area contributed by atoms with Gasteiger partial charge in [0.1, 0.15) is 0 Å². The molecule has 1 aliphatic rings. The van der Waals surface area contributed by atoms with Gasteiger partial charge >= 0.3 is 0 Å². The minimum atomic E-state index is 0.220. The van der Waals surface area contributed by atoms with Gasteiger partial charge in [0.15, 0.2) is 0 Å². The van der Waals surface area contributed by atoms with Gasteiger partial charge in [0.05, 0.1) is 6.10 Å². The molecule has 1 aromatic carbocycles. The van der Waals surface area contributed by atoms with Gasteiger partial charge < -0.3 is 4.74 Å². The molecule has 1 atom stereocenters. The van der Waals surface area contributed by atoms with Gasteiger partial charge in [-0.05, 0) is 42.7 Å². The first-order valence-electron chi connectivity index (χ1n) is 7.31. The van der Waals surface area contributed by atoms with E-state index in [9.17, 15) is 0 Å². The van der Waals surface area contributed by atoms with E-state index in [1.807, 2.05) is 7.11 Å². The maximum Gasteiger partial charge on any atom is 0.0829 e. The van der Waals surface area contributed by atoms with Crippen molar-refractivity contribution in [2.24, 2.45) is 5.41 Å². The Kier molecular flexibility index (Phi) is 4.46. The third kappa shape index (κ3) is 3.27. The van der Waals surface area contributed by atoms with Crippen LogP contribution in [0.4, 0.5) is 0 Å². The van der Waals surface area contributed by atoms with E-state index in [1.54, 1.807) is 5.57 Å². The highest BCUT2D eigenvalue weighted by Gasteiger charge is 2.33. The summed E-state index contributed by atoms with van der Waals surface area (Å²) in [5.41, 5.74) is 4.71. The number of hydrogen-bond donors (Lipinski definition) is 0. The molecular weight excluding hydrogens is 232 g/mol. The predicted octanol–water partition coefficient (Wildman–Crippen LogP) is 4.77. The molecule has 0 radical (unpaired) electrons. The van der Waals surface area contributed by atoms with Gasteiger partial charge in [0.2, 0.25) is 0 Å². The SMILES string of the molecule is COC(Cc1ccccc1)C1=C(C)CCCC1(C)C. The van der Waals surface area contributed by atoms with E-state index in [-0.39, 0.29) is 11.5 Å². The second-order valence-electron chi connectivity index (χ2n) is 6.35. The molecule has 1 aromatic rings. The van der Waals surface area contributed by atoms with E-state index in [4.69, 9.17) is 4.74 Å². The Labute approximate surface area is 117 Å². The number of allylic oxidation sites excluding steroid dienone is 1. The van der Waals surface area contributed by atoms with Crippen molar-refractivity contribution in [2.45, 2.75) is 52.6 Å². The highest BCUT2D eigenvalue weighted by molar-refractivity contribution is 5.29. The summed E-state index contributed by atoms with van der Waals surface area (Å²) in [7, 11) is 1.85. The molecule has 1 heteroatoms. The van der Waals surface area contributed by atoms with Gasteiger partial charge in [0, 0.05) is 13.5 Å². The molecule has 0 amide bonds. The molecule has 104 valence electrons. The first kappa shape index (κ1) is 14.3. The fraction of sp³-hybridized carbons (Fsp3) is 0.556. The Morgan fingerprint density at radius 2 is 1.89 bits per heavy atom. The van der Waals surface area contributed by atoms with Crippen LogP contribution in [0.15, 0.2) is 41.5 Å². The highest BCUT2D eigenvalue weighted by atomic mass is 16.5. The van der Waals surface area contributed by atoms with Crippen LogP contribution in [0.5, 0.6) is 0 Å². The molecule has 0 N–H and O–H groups in total. The lowest BCUT2D eigenvalue weighted by atomic mass is 9.70. The van der Waals surface area contributed by atoms with Gasteiger partial charge in [-0.2, -0.15) is 0 Å². The number of benzene rings is 1. The maximum absolute atomic E-state index is 5.84. The Morgan fingerprint density at radius 1 is 1.21 bits per heavy atom. The van der Waals surface area contributed by atoms with Crippen LogP contribution in [0, 0.1) is 5.41 Å². The van der Waals surface area contributed by atoms with Crippen molar-refractivity contribution in [1.29, 1.82) is 0 Å². The molecule has 2 rings (SSSR count). The Bertz CT molecular complexity index is 442. The summed E-state index contributed by atoms with van der Waals surface area (Å²) in [5, 5.41) is 0. The molecule has 0 heterocycles. The van der Waals surface area contributed by atoms with Crippen LogP contribution in [0.25, 0.3) is 0 Å². The quantitative estimate of drug-likeness (QED) is 0.707. The zero-order valence-electron chi connectivity index (χ0n) is 12.7. The Morgan fingerprint density at radius 3 is 2.47 bits per heavy atom. The minimum Gasteiger partial charge on any atom is -0.377 e. The molecule has 1 nitrogen and oxygen atoms in total. The van der Waals surface area contributed by atoms with Crippen molar-refractivity contribution in [3.05, 3.63) is 47.0 Å².